The van der Waals surface area contributed by atoms with E-state index in [0.29, 0.717) is 11.3 Å². The standard InChI is InChI=1S/C25H28N4O/c1-2-28-14-16-29(17-15-28)24-13-12-22(26)18-23(24)27-25(30)21-10-8-20(9-11-21)19-6-4-3-5-7-19/h3-13,18H,2,14-17,26H2,1H3,(H,27,30). The highest BCUT2D eigenvalue weighted by molar-refractivity contribution is 6.06. The second kappa shape index (κ2) is 9.01. The predicted molar refractivity (Wildman–Crippen MR) is 125 cm³/mol. The lowest BCUT2D eigenvalue weighted by molar-refractivity contribution is 0.102. The smallest absolute Gasteiger partial charge is 0.255 e. The lowest BCUT2D eigenvalue weighted by atomic mass is 10.0. The Bertz CT molecular complexity index is 993. The van der Waals surface area contributed by atoms with E-state index in [4.69, 9.17) is 5.73 Å². The van der Waals surface area contributed by atoms with E-state index in [9.17, 15) is 4.79 Å². The van der Waals surface area contributed by atoms with Gasteiger partial charge in [0.1, 0.15) is 0 Å². The Morgan fingerprint density at radius 2 is 1.57 bits per heavy atom. The maximum absolute atomic E-state index is 12.9. The number of hydrogen-bond donors (Lipinski definition) is 2. The topological polar surface area (TPSA) is 61.6 Å². The van der Waals surface area contributed by atoms with Crippen molar-refractivity contribution in [3.05, 3.63) is 78.4 Å². The van der Waals surface area contributed by atoms with Gasteiger partial charge in [-0.2, -0.15) is 0 Å². The molecule has 0 spiro atoms. The first-order chi connectivity index (χ1) is 14.6. The Morgan fingerprint density at radius 1 is 0.900 bits per heavy atom. The lowest BCUT2D eigenvalue weighted by Gasteiger charge is -2.36. The van der Waals surface area contributed by atoms with Crippen molar-refractivity contribution in [3.63, 3.8) is 0 Å². The minimum absolute atomic E-state index is 0.131. The van der Waals surface area contributed by atoms with E-state index in [0.717, 1.165) is 55.2 Å². The summed E-state index contributed by atoms with van der Waals surface area (Å²) in [4.78, 5) is 17.7. The molecule has 0 aromatic heterocycles. The van der Waals surface area contributed by atoms with Crippen LogP contribution in [0, 0.1) is 0 Å². The number of nitrogens with two attached hydrogens (primary N) is 1. The zero-order valence-electron chi connectivity index (χ0n) is 17.3. The van der Waals surface area contributed by atoms with Crippen LogP contribution in [0.25, 0.3) is 11.1 Å². The van der Waals surface area contributed by atoms with Crippen LogP contribution in [-0.2, 0) is 0 Å². The summed E-state index contributed by atoms with van der Waals surface area (Å²) >= 11 is 0. The molecule has 0 bridgehead atoms. The normalized spacial score (nSPS) is 14.5. The number of amides is 1. The Morgan fingerprint density at radius 3 is 2.23 bits per heavy atom. The second-order valence-electron chi connectivity index (χ2n) is 7.60. The fourth-order valence-corrected chi connectivity index (χ4v) is 3.87. The summed E-state index contributed by atoms with van der Waals surface area (Å²) in [6.45, 7) is 7.18. The highest BCUT2D eigenvalue weighted by Gasteiger charge is 2.19. The van der Waals surface area contributed by atoms with Crippen LogP contribution in [-0.4, -0.2) is 43.5 Å². The molecule has 1 aliphatic heterocycles. The number of nitrogens with one attached hydrogen (secondary N) is 1. The first-order valence-corrected chi connectivity index (χ1v) is 10.5. The number of nitrogen functional groups attached to an aromatic ring is 1. The third kappa shape index (κ3) is 4.47. The summed E-state index contributed by atoms with van der Waals surface area (Å²) in [5.41, 5.74) is 11.3. The van der Waals surface area contributed by atoms with Crippen molar-refractivity contribution in [1.82, 2.24) is 4.90 Å². The number of anilines is 3. The molecule has 3 aromatic rings. The summed E-state index contributed by atoms with van der Waals surface area (Å²) < 4.78 is 0. The largest absolute Gasteiger partial charge is 0.399 e. The fourth-order valence-electron chi connectivity index (χ4n) is 3.87. The van der Waals surface area contributed by atoms with Gasteiger partial charge in [0, 0.05) is 37.4 Å². The van der Waals surface area contributed by atoms with E-state index in [1.165, 1.54) is 0 Å². The third-order valence-corrected chi connectivity index (χ3v) is 5.68. The Labute approximate surface area is 178 Å². The lowest BCUT2D eigenvalue weighted by Crippen LogP contribution is -2.46. The zero-order chi connectivity index (χ0) is 20.9. The monoisotopic (exact) mass is 400 g/mol. The molecule has 0 saturated carbocycles. The molecule has 3 N–H and O–H groups in total. The van der Waals surface area contributed by atoms with Crippen LogP contribution in [0.2, 0.25) is 0 Å². The van der Waals surface area contributed by atoms with Crippen LogP contribution < -0.4 is 16.0 Å². The molecule has 30 heavy (non-hydrogen) atoms. The zero-order valence-corrected chi connectivity index (χ0v) is 17.3. The Kier molecular flexibility index (Phi) is 6.00. The molecular weight excluding hydrogens is 372 g/mol. The summed E-state index contributed by atoms with van der Waals surface area (Å²) in [6, 6.07) is 23.6. The van der Waals surface area contributed by atoms with E-state index < -0.39 is 0 Å². The highest BCUT2D eigenvalue weighted by atomic mass is 16.1. The third-order valence-electron chi connectivity index (χ3n) is 5.68. The second-order valence-corrected chi connectivity index (χ2v) is 7.60. The van der Waals surface area contributed by atoms with Gasteiger partial charge in [0.15, 0.2) is 0 Å². The molecular formula is C25H28N4O. The van der Waals surface area contributed by atoms with E-state index >= 15 is 0 Å². The molecule has 1 heterocycles. The average molecular weight is 401 g/mol. The maximum Gasteiger partial charge on any atom is 0.255 e. The van der Waals surface area contributed by atoms with Crippen molar-refractivity contribution in [2.75, 3.05) is 48.7 Å². The molecule has 1 aliphatic rings. The van der Waals surface area contributed by atoms with Gasteiger partial charge in [0.25, 0.3) is 5.91 Å². The van der Waals surface area contributed by atoms with Gasteiger partial charge in [-0.15, -0.1) is 0 Å². The van der Waals surface area contributed by atoms with Crippen molar-refractivity contribution in [2.45, 2.75) is 6.92 Å². The number of rotatable bonds is 5. The molecule has 5 heteroatoms. The van der Waals surface area contributed by atoms with Gasteiger partial charge >= 0.3 is 0 Å². The number of benzene rings is 3. The van der Waals surface area contributed by atoms with E-state index in [1.807, 2.05) is 60.7 Å². The quantitative estimate of drug-likeness (QED) is 0.626. The van der Waals surface area contributed by atoms with Crippen molar-refractivity contribution in [3.8, 4) is 11.1 Å². The van der Waals surface area contributed by atoms with Crippen molar-refractivity contribution >= 4 is 23.0 Å². The van der Waals surface area contributed by atoms with Crippen molar-refractivity contribution in [1.29, 1.82) is 0 Å². The minimum atomic E-state index is -0.131. The van der Waals surface area contributed by atoms with Crippen LogP contribution in [0.3, 0.4) is 0 Å². The van der Waals surface area contributed by atoms with Crippen LogP contribution in [0.15, 0.2) is 72.8 Å². The van der Waals surface area contributed by atoms with Crippen LogP contribution in [0.5, 0.6) is 0 Å². The molecule has 0 atom stereocenters. The molecule has 154 valence electrons. The highest BCUT2D eigenvalue weighted by Crippen LogP contribution is 2.30. The molecule has 0 radical (unpaired) electrons. The van der Waals surface area contributed by atoms with Crippen molar-refractivity contribution in [2.24, 2.45) is 0 Å². The van der Waals surface area contributed by atoms with Crippen LogP contribution >= 0.6 is 0 Å². The number of piperazine rings is 1. The molecule has 4 rings (SSSR count). The molecule has 5 nitrogen and oxygen atoms in total. The number of carbonyl (C=O) groups excluding carboxylic acids is 1. The predicted octanol–water partition coefficient (Wildman–Crippen LogP) is 4.33. The van der Waals surface area contributed by atoms with Gasteiger partial charge in [-0.05, 0) is 48.0 Å². The van der Waals surface area contributed by atoms with Crippen molar-refractivity contribution < 1.29 is 4.79 Å². The summed E-state index contributed by atoms with van der Waals surface area (Å²) in [5.74, 6) is -0.131. The first kappa shape index (κ1) is 20.0. The van der Waals surface area contributed by atoms with Crippen LogP contribution in [0.1, 0.15) is 17.3 Å². The molecule has 3 aromatic carbocycles. The molecule has 0 unspecified atom stereocenters. The molecule has 1 amide bonds. The average Bonchev–Trinajstić information content (AvgIpc) is 2.80. The number of likely N-dealkylation sites (N-methyl/N-ethyl adjacent to an activating group) is 1. The van der Waals surface area contributed by atoms with Gasteiger partial charge in [-0.3, -0.25) is 4.79 Å². The molecule has 1 saturated heterocycles. The number of hydrogen-bond acceptors (Lipinski definition) is 4. The minimum Gasteiger partial charge on any atom is -0.399 e. The van der Waals surface area contributed by atoms with Gasteiger partial charge in [-0.1, -0.05) is 49.4 Å². The van der Waals surface area contributed by atoms with Crippen LogP contribution in [0.4, 0.5) is 17.1 Å². The molecule has 0 aliphatic carbocycles. The van der Waals surface area contributed by atoms with Gasteiger partial charge in [0.2, 0.25) is 0 Å². The fraction of sp³-hybridized carbons (Fsp3) is 0.240. The maximum atomic E-state index is 12.9. The van der Waals surface area contributed by atoms with Gasteiger partial charge in [0.05, 0.1) is 11.4 Å². The first-order valence-electron chi connectivity index (χ1n) is 10.5. The van der Waals surface area contributed by atoms with Gasteiger partial charge < -0.3 is 20.9 Å². The number of nitrogens with zero attached hydrogens (tertiary/aromatic N) is 2. The number of carbonyl (C=O) groups is 1. The Balaban J connectivity index is 1.51. The summed E-state index contributed by atoms with van der Waals surface area (Å²) in [5, 5.41) is 3.08. The molecule has 1 fully saturated rings. The van der Waals surface area contributed by atoms with E-state index in [-0.39, 0.29) is 5.91 Å². The Hall–Kier alpha value is -3.31. The SMILES string of the molecule is CCN1CCN(c2ccc(N)cc2NC(=O)c2ccc(-c3ccccc3)cc2)CC1. The summed E-state index contributed by atoms with van der Waals surface area (Å²) in [7, 11) is 0. The van der Waals surface area contributed by atoms with E-state index in [2.05, 4.69) is 34.2 Å². The van der Waals surface area contributed by atoms with Gasteiger partial charge in [-0.25, -0.2) is 0 Å². The summed E-state index contributed by atoms with van der Waals surface area (Å²) in [6.07, 6.45) is 0. The van der Waals surface area contributed by atoms with E-state index in [1.54, 1.807) is 0 Å².